The molecule has 1 N–H and O–H groups in total. The molecule has 23 heavy (non-hydrogen) atoms. The molecule has 0 aromatic carbocycles. The topological polar surface area (TPSA) is 97.6 Å². The molecule has 4 rings (SSSR count). The van der Waals surface area contributed by atoms with Crippen LogP contribution >= 0.6 is 0 Å². The van der Waals surface area contributed by atoms with Crippen molar-refractivity contribution in [3.63, 3.8) is 0 Å². The van der Waals surface area contributed by atoms with Gasteiger partial charge in [-0.05, 0) is 24.3 Å². The zero-order valence-electron chi connectivity index (χ0n) is 12.1. The predicted octanol–water partition coefficient (Wildman–Crippen LogP) is 2.34. The van der Waals surface area contributed by atoms with Crippen LogP contribution in [0.5, 0.6) is 0 Å². The maximum atomic E-state index is 12.3. The Labute approximate surface area is 130 Å². The van der Waals surface area contributed by atoms with Gasteiger partial charge < -0.3 is 9.51 Å². The average Bonchev–Trinajstić information content (AvgIpc) is 3.00. The van der Waals surface area contributed by atoms with Crippen LogP contribution in [0.1, 0.15) is 5.89 Å². The fourth-order valence-electron chi connectivity index (χ4n) is 2.44. The van der Waals surface area contributed by atoms with Crippen molar-refractivity contribution in [3.8, 4) is 22.6 Å². The van der Waals surface area contributed by atoms with Gasteiger partial charge in [-0.2, -0.15) is 4.98 Å². The number of aryl methyl sites for hydroxylation is 1. The Morgan fingerprint density at radius 2 is 1.96 bits per heavy atom. The van der Waals surface area contributed by atoms with Crippen molar-refractivity contribution in [2.24, 2.45) is 0 Å². The maximum Gasteiger partial charge on any atom is 0.259 e. The summed E-state index contributed by atoms with van der Waals surface area (Å²) < 4.78 is 4.96. The van der Waals surface area contributed by atoms with Gasteiger partial charge in [0.15, 0.2) is 0 Å². The monoisotopic (exact) mass is 305 g/mol. The molecular weight excluding hydrogens is 294 g/mol. The van der Waals surface area contributed by atoms with E-state index in [-0.39, 0.29) is 11.4 Å². The summed E-state index contributed by atoms with van der Waals surface area (Å²) in [7, 11) is 0. The van der Waals surface area contributed by atoms with E-state index >= 15 is 0 Å². The summed E-state index contributed by atoms with van der Waals surface area (Å²) in [5, 5.41) is 4.62. The van der Waals surface area contributed by atoms with Gasteiger partial charge in [-0.3, -0.25) is 14.8 Å². The molecule has 0 aliphatic rings. The van der Waals surface area contributed by atoms with Gasteiger partial charge in [0.2, 0.25) is 11.7 Å². The quantitative estimate of drug-likeness (QED) is 0.610. The van der Waals surface area contributed by atoms with Gasteiger partial charge in [0.1, 0.15) is 0 Å². The van der Waals surface area contributed by atoms with E-state index in [0.29, 0.717) is 17.0 Å². The number of aromatic amines is 1. The average molecular weight is 305 g/mol. The highest BCUT2D eigenvalue weighted by Crippen LogP contribution is 2.26. The normalized spacial score (nSPS) is 11.0. The molecule has 0 spiro atoms. The molecule has 0 radical (unpaired) electrons. The molecule has 0 aliphatic carbocycles. The summed E-state index contributed by atoms with van der Waals surface area (Å²) in [6.07, 6.45) is 5.06. The summed E-state index contributed by atoms with van der Waals surface area (Å²) >= 11 is 0. The van der Waals surface area contributed by atoms with Gasteiger partial charge in [0.25, 0.3) is 5.56 Å². The standard InChI is InChI=1S/C16H11N5O2/c1-9-19-15(21-23-9)12-8-11-13(20-16(12)22)4-7-18-14(11)10-2-5-17-6-3-10/h2-8H,1H3,(H,20,22). The van der Waals surface area contributed by atoms with Crippen molar-refractivity contribution in [2.75, 3.05) is 0 Å². The van der Waals surface area contributed by atoms with Crippen LogP contribution in [0.4, 0.5) is 0 Å². The van der Waals surface area contributed by atoms with Crippen molar-refractivity contribution in [3.05, 3.63) is 59.1 Å². The van der Waals surface area contributed by atoms with Gasteiger partial charge in [0, 0.05) is 36.5 Å². The molecule has 7 heteroatoms. The Kier molecular flexibility index (Phi) is 2.97. The van der Waals surface area contributed by atoms with Crippen LogP contribution in [0, 0.1) is 6.92 Å². The molecule has 0 bridgehead atoms. The molecule has 4 aromatic heterocycles. The van der Waals surface area contributed by atoms with E-state index in [1.165, 1.54) is 0 Å². The highest BCUT2D eigenvalue weighted by Gasteiger charge is 2.14. The van der Waals surface area contributed by atoms with E-state index < -0.39 is 0 Å². The highest BCUT2D eigenvalue weighted by atomic mass is 16.5. The van der Waals surface area contributed by atoms with Crippen LogP contribution in [-0.2, 0) is 0 Å². The number of fused-ring (bicyclic) bond motifs is 1. The summed E-state index contributed by atoms with van der Waals surface area (Å²) in [6.45, 7) is 1.68. The Bertz CT molecular complexity index is 1050. The predicted molar refractivity (Wildman–Crippen MR) is 83.6 cm³/mol. The highest BCUT2D eigenvalue weighted by molar-refractivity contribution is 5.94. The number of H-pyrrole nitrogens is 1. The van der Waals surface area contributed by atoms with Crippen LogP contribution in [0.3, 0.4) is 0 Å². The van der Waals surface area contributed by atoms with Crippen LogP contribution < -0.4 is 5.56 Å². The minimum atomic E-state index is -0.273. The molecule has 0 saturated carbocycles. The molecule has 112 valence electrons. The van der Waals surface area contributed by atoms with E-state index in [4.69, 9.17) is 4.52 Å². The lowest BCUT2D eigenvalue weighted by Gasteiger charge is -2.06. The van der Waals surface area contributed by atoms with E-state index in [1.807, 2.05) is 12.1 Å². The van der Waals surface area contributed by atoms with Crippen LogP contribution in [-0.4, -0.2) is 25.1 Å². The zero-order chi connectivity index (χ0) is 15.8. The van der Waals surface area contributed by atoms with Gasteiger partial charge in [-0.1, -0.05) is 5.16 Å². The van der Waals surface area contributed by atoms with Crippen LogP contribution in [0.2, 0.25) is 0 Å². The Morgan fingerprint density at radius 3 is 2.70 bits per heavy atom. The first kappa shape index (κ1) is 13.3. The van der Waals surface area contributed by atoms with Gasteiger partial charge in [0.05, 0.1) is 16.8 Å². The molecule has 0 amide bonds. The molecule has 0 saturated heterocycles. The molecule has 0 fully saturated rings. The largest absolute Gasteiger partial charge is 0.339 e. The van der Waals surface area contributed by atoms with Crippen LogP contribution in [0.15, 0.2) is 52.2 Å². The maximum absolute atomic E-state index is 12.3. The number of hydrogen-bond acceptors (Lipinski definition) is 6. The third-order valence-electron chi connectivity index (χ3n) is 3.49. The summed E-state index contributed by atoms with van der Waals surface area (Å²) in [6, 6.07) is 7.23. The fourth-order valence-corrected chi connectivity index (χ4v) is 2.44. The van der Waals surface area contributed by atoms with E-state index in [2.05, 4.69) is 25.1 Å². The lowest BCUT2D eigenvalue weighted by molar-refractivity contribution is 0.394. The summed E-state index contributed by atoms with van der Waals surface area (Å²) in [5.74, 6) is 0.662. The van der Waals surface area contributed by atoms with Gasteiger partial charge in [-0.15, -0.1) is 0 Å². The summed E-state index contributed by atoms with van der Waals surface area (Å²) in [5.41, 5.74) is 2.43. The molecular formula is C16H11N5O2. The van der Waals surface area contributed by atoms with Gasteiger partial charge >= 0.3 is 0 Å². The van der Waals surface area contributed by atoms with E-state index in [1.54, 1.807) is 37.6 Å². The second-order valence-electron chi connectivity index (χ2n) is 5.01. The number of aromatic nitrogens is 5. The molecule has 7 nitrogen and oxygen atoms in total. The lowest BCUT2D eigenvalue weighted by Crippen LogP contribution is -2.10. The van der Waals surface area contributed by atoms with E-state index in [9.17, 15) is 4.79 Å². The van der Waals surface area contributed by atoms with E-state index in [0.717, 1.165) is 16.6 Å². The Balaban J connectivity index is 2.01. The second-order valence-corrected chi connectivity index (χ2v) is 5.01. The van der Waals surface area contributed by atoms with Crippen molar-refractivity contribution in [2.45, 2.75) is 6.92 Å². The molecule has 4 aromatic rings. The SMILES string of the molecule is Cc1nc(-c2cc3c(-c4ccncc4)nccc3[nH]c2=O)no1. The Morgan fingerprint density at radius 1 is 1.13 bits per heavy atom. The molecule has 0 aliphatic heterocycles. The lowest BCUT2D eigenvalue weighted by atomic mass is 10.1. The van der Waals surface area contributed by atoms with Crippen LogP contribution in [0.25, 0.3) is 33.5 Å². The molecule has 0 atom stereocenters. The second kappa shape index (κ2) is 5.13. The number of nitrogens with zero attached hydrogens (tertiary/aromatic N) is 4. The Hall–Kier alpha value is -3.35. The minimum absolute atomic E-state index is 0.259. The third kappa shape index (κ3) is 2.28. The zero-order valence-corrected chi connectivity index (χ0v) is 12.1. The molecule has 4 heterocycles. The first-order chi connectivity index (χ1) is 11.2. The first-order valence-electron chi connectivity index (χ1n) is 6.95. The number of hydrogen-bond donors (Lipinski definition) is 1. The first-order valence-corrected chi connectivity index (χ1v) is 6.95. The number of nitrogens with one attached hydrogen (secondary N) is 1. The smallest absolute Gasteiger partial charge is 0.259 e. The van der Waals surface area contributed by atoms with Crippen molar-refractivity contribution >= 4 is 10.9 Å². The number of rotatable bonds is 2. The fraction of sp³-hybridized carbons (Fsp3) is 0.0625. The minimum Gasteiger partial charge on any atom is -0.339 e. The molecule has 0 unspecified atom stereocenters. The number of pyridine rings is 3. The summed E-state index contributed by atoms with van der Waals surface area (Å²) in [4.78, 5) is 27.7. The van der Waals surface area contributed by atoms with Crippen molar-refractivity contribution in [1.29, 1.82) is 0 Å². The van der Waals surface area contributed by atoms with Crippen molar-refractivity contribution in [1.82, 2.24) is 25.1 Å². The van der Waals surface area contributed by atoms with Gasteiger partial charge in [-0.25, -0.2) is 0 Å². The third-order valence-corrected chi connectivity index (χ3v) is 3.49. The van der Waals surface area contributed by atoms with Crippen molar-refractivity contribution < 1.29 is 4.52 Å².